The van der Waals surface area contributed by atoms with Crippen molar-refractivity contribution in [3.63, 3.8) is 0 Å². The molecule has 0 bridgehead atoms. The number of thiophene rings is 1. The zero-order valence-electron chi connectivity index (χ0n) is 14.0. The summed E-state index contributed by atoms with van der Waals surface area (Å²) in [5, 5.41) is 8.91. The third kappa shape index (κ3) is 3.57. The number of aromatic nitrogens is 2. The average molecular weight is 370 g/mol. The summed E-state index contributed by atoms with van der Waals surface area (Å²) in [6.45, 7) is 1.84. The highest BCUT2D eigenvalue weighted by atomic mass is 32.1. The SMILES string of the molecule is CC[C@@H](Nc1ccc(C(N)=O)c(Nc2csc3ncccc23)n1)C(N)=O. The molecule has 3 rings (SSSR count). The molecule has 0 saturated heterocycles. The monoisotopic (exact) mass is 370 g/mol. The largest absolute Gasteiger partial charge is 0.368 e. The topological polar surface area (TPSA) is 136 Å². The molecule has 134 valence electrons. The van der Waals surface area contributed by atoms with Crippen molar-refractivity contribution in [2.45, 2.75) is 19.4 Å². The molecule has 8 nitrogen and oxygen atoms in total. The van der Waals surface area contributed by atoms with Crippen LogP contribution in [0.5, 0.6) is 0 Å². The van der Waals surface area contributed by atoms with E-state index in [4.69, 9.17) is 11.5 Å². The molecule has 0 unspecified atom stereocenters. The van der Waals surface area contributed by atoms with E-state index in [-0.39, 0.29) is 5.56 Å². The molecule has 1 atom stereocenters. The zero-order chi connectivity index (χ0) is 18.7. The summed E-state index contributed by atoms with van der Waals surface area (Å²) in [4.78, 5) is 32.7. The van der Waals surface area contributed by atoms with Gasteiger partial charge in [0.25, 0.3) is 5.91 Å². The maximum Gasteiger partial charge on any atom is 0.252 e. The Hall–Kier alpha value is -3.20. The van der Waals surface area contributed by atoms with Crippen molar-refractivity contribution < 1.29 is 9.59 Å². The standard InChI is InChI=1S/C17H18N6O2S/c1-2-11(15(19)25)21-13-6-5-10(14(18)24)16(23-13)22-12-8-26-17-9(12)4-3-7-20-17/h3-8,11H,2H2,1H3,(H2,18,24)(H2,19,25)(H2,21,22,23)/t11-/m1/s1. The Balaban J connectivity index is 1.97. The number of fused-ring (bicyclic) bond motifs is 1. The number of nitrogens with two attached hydrogens (primary N) is 2. The fourth-order valence-corrected chi connectivity index (χ4v) is 3.32. The van der Waals surface area contributed by atoms with Crippen molar-refractivity contribution in [2.75, 3.05) is 10.6 Å². The van der Waals surface area contributed by atoms with Gasteiger partial charge >= 0.3 is 0 Å². The number of primary amides is 2. The summed E-state index contributed by atoms with van der Waals surface area (Å²) >= 11 is 1.48. The van der Waals surface area contributed by atoms with Gasteiger partial charge in [0, 0.05) is 17.0 Å². The van der Waals surface area contributed by atoms with Gasteiger partial charge in [0.15, 0.2) is 0 Å². The molecule has 6 N–H and O–H groups in total. The highest BCUT2D eigenvalue weighted by Gasteiger charge is 2.17. The summed E-state index contributed by atoms with van der Waals surface area (Å²) in [6.07, 6.45) is 2.23. The Morgan fingerprint density at radius 1 is 1.27 bits per heavy atom. The van der Waals surface area contributed by atoms with Crippen molar-refractivity contribution in [3.05, 3.63) is 41.4 Å². The Labute approximate surface area is 153 Å². The third-order valence-corrected chi connectivity index (χ3v) is 4.74. The molecule has 3 aromatic heterocycles. The van der Waals surface area contributed by atoms with Gasteiger partial charge in [0.2, 0.25) is 5.91 Å². The second kappa shape index (κ2) is 7.36. The molecule has 0 aromatic carbocycles. The summed E-state index contributed by atoms with van der Waals surface area (Å²) < 4.78 is 0. The molecule has 0 fully saturated rings. The first-order valence-corrected chi connectivity index (χ1v) is 8.83. The minimum atomic E-state index is -0.605. The van der Waals surface area contributed by atoms with Crippen molar-refractivity contribution in [1.82, 2.24) is 9.97 Å². The Morgan fingerprint density at radius 2 is 2.08 bits per heavy atom. The van der Waals surface area contributed by atoms with E-state index in [1.54, 1.807) is 18.3 Å². The predicted octanol–water partition coefficient (Wildman–Crippen LogP) is 2.21. The lowest BCUT2D eigenvalue weighted by Gasteiger charge is -2.16. The van der Waals surface area contributed by atoms with E-state index in [2.05, 4.69) is 20.6 Å². The molecule has 0 aliphatic heterocycles. The number of hydrogen-bond acceptors (Lipinski definition) is 7. The van der Waals surface area contributed by atoms with Gasteiger partial charge in [-0.2, -0.15) is 0 Å². The van der Waals surface area contributed by atoms with Gasteiger partial charge in [-0.15, -0.1) is 11.3 Å². The maximum absolute atomic E-state index is 11.7. The number of nitrogens with zero attached hydrogens (tertiary/aromatic N) is 2. The average Bonchev–Trinajstić information content (AvgIpc) is 3.02. The van der Waals surface area contributed by atoms with Gasteiger partial charge in [-0.3, -0.25) is 9.59 Å². The van der Waals surface area contributed by atoms with Crippen LogP contribution >= 0.6 is 11.3 Å². The smallest absolute Gasteiger partial charge is 0.252 e. The summed E-state index contributed by atoms with van der Waals surface area (Å²) in [5.41, 5.74) is 11.8. The molecule has 9 heteroatoms. The molecule has 3 heterocycles. The third-order valence-electron chi connectivity index (χ3n) is 3.84. The summed E-state index contributed by atoms with van der Waals surface area (Å²) in [5.74, 6) is -0.366. The first kappa shape index (κ1) is 17.6. The molecular formula is C17H18N6O2S. The highest BCUT2D eigenvalue weighted by molar-refractivity contribution is 7.17. The minimum absolute atomic E-state index is 0.242. The van der Waals surface area contributed by atoms with E-state index in [1.165, 1.54) is 11.3 Å². The minimum Gasteiger partial charge on any atom is -0.368 e. The molecule has 0 aliphatic carbocycles. The van der Waals surface area contributed by atoms with E-state index >= 15 is 0 Å². The van der Waals surface area contributed by atoms with E-state index in [1.807, 2.05) is 24.4 Å². The van der Waals surface area contributed by atoms with Gasteiger partial charge < -0.3 is 22.1 Å². The van der Waals surface area contributed by atoms with Gasteiger partial charge in [-0.25, -0.2) is 9.97 Å². The van der Waals surface area contributed by atoms with E-state index in [9.17, 15) is 9.59 Å². The number of anilines is 3. The van der Waals surface area contributed by atoms with E-state index in [0.717, 1.165) is 15.9 Å². The molecule has 0 saturated carbocycles. The maximum atomic E-state index is 11.7. The van der Waals surface area contributed by atoms with Crippen LogP contribution in [0, 0.1) is 0 Å². The van der Waals surface area contributed by atoms with Crippen LogP contribution in [-0.4, -0.2) is 27.8 Å². The van der Waals surface area contributed by atoms with Crippen LogP contribution in [0.2, 0.25) is 0 Å². The molecule has 26 heavy (non-hydrogen) atoms. The van der Waals surface area contributed by atoms with Gasteiger partial charge in [0.1, 0.15) is 22.5 Å². The molecule has 0 aliphatic rings. The van der Waals surface area contributed by atoms with Crippen molar-refractivity contribution in [3.8, 4) is 0 Å². The van der Waals surface area contributed by atoms with Gasteiger partial charge in [-0.05, 0) is 30.7 Å². The van der Waals surface area contributed by atoms with Crippen LogP contribution in [0.4, 0.5) is 17.3 Å². The summed E-state index contributed by atoms with van der Waals surface area (Å²) in [6, 6.07) is 6.35. The Bertz CT molecular complexity index is 971. The Morgan fingerprint density at radius 3 is 2.77 bits per heavy atom. The number of carbonyl (C=O) groups excluding carboxylic acids is 2. The van der Waals surface area contributed by atoms with Crippen LogP contribution in [-0.2, 0) is 4.79 Å². The van der Waals surface area contributed by atoms with Crippen LogP contribution in [0.1, 0.15) is 23.7 Å². The van der Waals surface area contributed by atoms with Crippen LogP contribution in [0.25, 0.3) is 10.2 Å². The van der Waals surface area contributed by atoms with Crippen LogP contribution in [0.3, 0.4) is 0 Å². The molecule has 3 aromatic rings. The highest BCUT2D eigenvalue weighted by Crippen LogP contribution is 2.31. The molecule has 2 amide bonds. The fraction of sp³-hybridized carbons (Fsp3) is 0.176. The fourth-order valence-electron chi connectivity index (χ4n) is 2.48. The number of nitrogens with one attached hydrogen (secondary N) is 2. The van der Waals surface area contributed by atoms with Crippen molar-refractivity contribution in [1.29, 1.82) is 0 Å². The van der Waals surface area contributed by atoms with Gasteiger partial charge in [0.05, 0.1) is 11.3 Å². The van der Waals surface area contributed by atoms with E-state index < -0.39 is 17.9 Å². The molecule has 0 radical (unpaired) electrons. The summed E-state index contributed by atoms with van der Waals surface area (Å²) in [7, 11) is 0. The zero-order valence-corrected chi connectivity index (χ0v) is 14.8. The first-order chi connectivity index (χ1) is 12.5. The lowest BCUT2D eigenvalue weighted by molar-refractivity contribution is -0.118. The number of carbonyl (C=O) groups is 2. The Kier molecular flexibility index (Phi) is 4.99. The van der Waals surface area contributed by atoms with Gasteiger partial charge in [-0.1, -0.05) is 6.92 Å². The first-order valence-electron chi connectivity index (χ1n) is 7.95. The lowest BCUT2D eigenvalue weighted by Crippen LogP contribution is -2.35. The number of hydrogen-bond donors (Lipinski definition) is 4. The number of rotatable bonds is 7. The lowest BCUT2D eigenvalue weighted by atomic mass is 10.2. The second-order valence-corrected chi connectivity index (χ2v) is 6.45. The quantitative estimate of drug-likeness (QED) is 0.503. The van der Waals surface area contributed by atoms with E-state index in [0.29, 0.717) is 18.1 Å². The van der Waals surface area contributed by atoms with Crippen LogP contribution in [0.15, 0.2) is 35.8 Å². The number of amides is 2. The molecular weight excluding hydrogens is 352 g/mol. The normalized spacial score (nSPS) is 11.9. The van der Waals surface area contributed by atoms with Crippen molar-refractivity contribution >= 4 is 50.7 Å². The second-order valence-electron chi connectivity index (χ2n) is 5.59. The van der Waals surface area contributed by atoms with Crippen LogP contribution < -0.4 is 22.1 Å². The van der Waals surface area contributed by atoms with Crippen molar-refractivity contribution in [2.24, 2.45) is 11.5 Å². The molecule has 0 spiro atoms. The predicted molar refractivity (Wildman–Crippen MR) is 103 cm³/mol. The number of pyridine rings is 2.